The van der Waals surface area contributed by atoms with E-state index in [-0.39, 0.29) is 35.9 Å². The molecule has 1 unspecified atom stereocenters. The fraction of sp³-hybridized carbons (Fsp3) is 0.391. The smallest absolute Gasteiger partial charge is 0.357 e. The molecule has 1 amide bonds. The molecule has 0 spiro atoms. The Labute approximate surface area is 204 Å². The van der Waals surface area contributed by atoms with Crippen LogP contribution >= 0.6 is 24.0 Å². The molecule has 32 heavy (non-hydrogen) atoms. The second kappa shape index (κ2) is 12.7. The molecule has 176 valence electrons. The van der Waals surface area contributed by atoms with Gasteiger partial charge in [0, 0.05) is 32.7 Å². The number of benzene rings is 2. The van der Waals surface area contributed by atoms with Gasteiger partial charge in [-0.15, -0.1) is 24.0 Å². The molecule has 0 saturated carbocycles. The Morgan fingerprint density at radius 2 is 1.81 bits per heavy atom. The van der Waals surface area contributed by atoms with E-state index in [4.69, 9.17) is 0 Å². The van der Waals surface area contributed by atoms with Crippen molar-refractivity contribution in [2.45, 2.75) is 32.5 Å². The van der Waals surface area contributed by atoms with Crippen molar-refractivity contribution in [3.8, 4) is 0 Å². The highest BCUT2D eigenvalue weighted by atomic mass is 127. The van der Waals surface area contributed by atoms with Gasteiger partial charge in [-0.3, -0.25) is 9.79 Å². The van der Waals surface area contributed by atoms with E-state index in [1.807, 2.05) is 25.1 Å². The summed E-state index contributed by atoms with van der Waals surface area (Å²) in [5, 5.41) is 6.27. The molecule has 2 N–H and O–H groups in total. The lowest BCUT2D eigenvalue weighted by Gasteiger charge is -2.19. The summed E-state index contributed by atoms with van der Waals surface area (Å²) in [5.41, 5.74) is 1.45. The van der Waals surface area contributed by atoms with Gasteiger partial charge in [-0.1, -0.05) is 24.3 Å². The van der Waals surface area contributed by atoms with Gasteiger partial charge in [-0.05, 0) is 55.7 Å². The number of nitrogens with zero attached hydrogens (tertiary/aromatic N) is 2. The fourth-order valence-electron chi connectivity index (χ4n) is 3.01. The van der Waals surface area contributed by atoms with Crippen molar-refractivity contribution in [3.63, 3.8) is 0 Å². The number of guanidine groups is 1. The minimum Gasteiger partial charge on any atom is -0.357 e. The average molecular weight is 562 g/mol. The highest BCUT2D eigenvalue weighted by molar-refractivity contribution is 14.0. The zero-order chi connectivity index (χ0) is 23.0. The Morgan fingerprint density at radius 1 is 1.12 bits per heavy atom. The van der Waals surface area contributed by atoms with Crippen molar-refractivity contribution in [1.29, 1.82) is 0 Å². The monoisotopic (exact) mass is 562 g/mol. The molecule has 5 nitrogen and oxygen atoms in total. The van der Waals surface area contributed by atoms with Gasteiger partial charge < -0.3 is 15.5 Å². The molecule has 0 heterocycles. The zero-order valence-electron chi connectivity index (χ0n) is 18.7. The van der Waals surface area contributed by atoms with Gasteiger partial charge in [0.25, 0.3) is 5.91 Å². The lowest BCUT2D eigenvalue weighted by Crippen LogP contribution is -2.39. The third-order valence-electron chi connectivity index (χ3n) is 4.66. The van der Waals surface area contributed by atoms with Crippen LogP contribution in [0.3, 0.4) is 0 Å². The third kappa shape index (κ3) is 8.33. The molecule has 0 saturated heterocycles. The summed E-state index contributed by atoms with van der Waals surface area (Å²) in [5.74, 6) is 0.461. The Morgan fingerprint density at radius 3 is 2.44 bits per heavy atom. The number of halogens is 4. The van der Waals surface area contributed by atoms with Crippen LogP contribution in [0, 0.1) is 0 Å². The quantitative estimate of drug-likeness (QED) is 0.287. The molecular weight excluding hydrogens is 532 g/mol. The highest BCUT2D eigenvalue weighted by Crippen LogP contribution is 2.30. The maximum Gasteiger partial charge on any atom is 0.416 e. The molecule has 0 aliphatic heterocycles. The van der Waals surface area contributed by atoms with Crippen molar-refractivity contribution in [2.24, 2.45) is 4.99 Å². The standard InChI is InChI=1S/C23H29F3N4O.HI/c1-5-27-22(29-16(2)18-9-7-11-20(15-18)23(24,25)26)28-13-12-17-8-6-10-19(14-17)21(31)30(3)4;/h6-11,14-16H,5,12-13H2,1-4H3,(H2,27,28,29);1H. The van der Waals surface area contributed by atoms with Crippen LogP contribution < -0.4 is 10.6 Å². The number of carbonyl (C=O) groups excluding carboxylic acids is 1. The van der Waals surface area contributed by atoms with E-state index in [1.54, 1.807) is 33.2 Å². The van der Waals surface area contributed by atoms with Crippen LogP contribution in [-0.4, -0.2) is 44.0 Å². The van der Waals surface area contributed by atoms with Gasteiger partial charge >= 0.3 is 6.18 Å². The van der Waals surface area contributed by atoms with Crippen LogP contribution in [-0.2, 0) is 12.6 Å². The van der Waals surface area contributed by atoms with Crippen LogP contribution in [0.2, 0.25) is 0 Å². The van der Waals surface area contributed by atoms with Gasteiger partial charge in [0.2, 0.25) is 0 Å². The molecule has 0 aromatic heterocycles. The molecule has 2 aromatic carbocycles. The van der Waals surface area contributed by atoms with E-state index in [2.05, 4.69) is 15.6 Å². The van der Waals surface area contributed by atoms with Gasteiger partial charge in [-0.2, -0.15) is 13.2 Å². The molecule has 0 bridgehead atoms. The number of aliphatic imine (C=N–C) groups is 1. The SMILES string of the molecule is CCNC(=NCCc1cccc(C(=O)N(C)C)c1)NC(C)c1cccc(C(F)(F)F)c1.I. The first-order valence-corrected chi connectivity index (χ1v) is 10.1. The predicted octanol–water partition coefficient (Wildman–Crippen LogP) is 4.88. The van der Waals surface area contributed by atoms with Crippen LogP contribution in [0.25, 0.3) is 0 Å². The van der Waals surface area contributed by atoms with E-state index in [9.17, 15) is 18.0 Å². The molecule has 0 aliphatic rings. The summed E-state index contributed by atoms with van der Waals surface area (Å²) in [6.07, 6.45) is -3.75. The molecule has 0 fully saturated rings. The maximum absolute atomic E-state index is 13.0. The van der Waals surface area contributed by atoms with Crippen LogP contribution in [0.15, 0.2) is 53.5 Å². The average Bonchev–Trinajstić information content (AvgIpc) is 2.73. The van der Waals surface area contributed by atoms with Crippen molar-refractivity contribution in [1.82, 2.24) is 15.5 Å². The first kappa shape index (κ1) is 27.7. The van der Waals surface area contributed by atoms with Crippen LogP contribution in [0.5, 0.6) is 0 Å². The zero-order valence-corrected chi connectivity index (χ0v) is 21.0. The molecule has 0 radical (unpaired) electrons. The maximum atomic E-state index is 13.0. The van der Waals surface area contributed by atoms with E-state index in [0.717, 1.165) is 17.7 Å². The number of hydrogen-bond donors (Lipinski definition) is 2. The molecular formula is C23H30F3IN4O. The predicted molar refractivity (Wildman–Crippen MR) is 133 cm³/mol. The Hall–Kier alpha value is -2.30. The van der Waals surface area contributed by atoms with Gasteiger partial charge in [0.05, 0.1) is 11.6 Å². The molecule has 2 aromatic rings. The normalized spacial score (nSPS) is 12.5. The largest absolute Gasteiger partial charge is 0.416 e. The van der Waals surface area contributed by atoms with Crippen LogP contribution in [0.1, 0.15) is 46.9 Å². The second-order valence-corrected chi connectivity index (χ2v) is 7.40. The minimum atomic E-state index is -4.38. The highest BCUT2D eigenvalue weighted by Gasteiger charge is 2.30. The Kier molecular flexibility index (Phi) is 11.0. The lowest BCUT2D eigenvalue weighted by atomic mass is 10.1. The second-order valence-electron chi connectivity index (χ2n) is 7.40. The van der Waals surface area contributed by atoms with E-state index in [0.29, 0.717) is 36.6 Å². The van der Waals surface area contributed by atoms with Gasteiger partial charge in [0.1, 0.15) is 0 Å². The minimum absolute atomic E-state index is 0. The van der Waals surface area contributed by atoms with Crippen LogP contribution in [0.4, 0.5) is 13.2 Å². The number of alkyl halides is 3. The molecule has 1 atom stereocenters. The summed E-state index contributed by atoms with van der Waals surface area (Å²) in [4.78, 5) is 18.2. The van der Waals surface area contributed by atoms with Crippen molar-refractivity contribution in [2.75, 3.05) is 27.2 Å². The molecule has 9 heteroatoms. The van der Waals surface area contributed by atoms with Crippen molar-refractivity contribution in [3.05, 3.63) is 70.8 Å². The van der Waals surface area contributed by atoms with Crippen molar-refractivity contribution < 1.29 is 18.0 Å². The molecule has 2 rings (SSSR count). The Balaban J connectivity index is 0.00000512. The molecule has 0 aliphatic carbocycles. The Bertz CT molecular complexity index is 916. The number of nitrogens with one attached hydrogen (secondary N) is 2. The topological polar surface area (TPSA) is 56.7 Å². The number of rotatable bonds is 7. The fourth-order valence-corrected chi connectivity index (χ4v) is 3.01. The summed E-state index contributed by atoms with van der Waals surface area (Å²) in [6, 6.07) is 12.3. The van der Waals surface area contributed by atoms with E-state index >= 15 is 0 Å². The third-order valence-corrected chi connectivity index (χ3v) is 4.66. The van der Waals surface area contributed by atoms with E-state index in [1.165, 1.54) is 11.0 Å². The van der Waals surface area contributed by atoms with Gasteiger partial charge in [-0.25, -0.2) is 0 Å². The number of amides is 1. The van der Waals surface area contributed by atoms with E-state index < -0.39 is 11.7 Å². The summed E-state index contributed by atoms with van der Waals surface area (Å²) in [6.45, 7) is 4.79. The number of carbonyl (C=O) groups is 1. The lowest BCUT2D eigenvalue weighted by molar-refractivity contribution is -0.137. The van der Waals surface area contributed by atoms with Gasteiger partial charge in [0.15, 0.2) is 5.96 Å². The summed E-state index contributed by atoms with van der Waals surface area (Å²) in [7, 11) is 3.42. The first-order chi connectivity index (χ1) is 14.6. The summed E-state index contributed by atoms with van der Waals surface area (Å²) >= 11 is 0. The number of hydrogen-bond acceptors (Lipinski definition) is 2. The van der Waals surface area contributed by atoms with Crippen molar-refractivity contribution >= 4 is 35.8 Å². The summed E-state index contributed by atoms with van der Waals surface area (Å²) < 4.78 is 39.0. The first-order valence-electron chi connectivity index (χ1n) is 10.1.